The van der Waals surface area contributed by atoms with Crippen LogP contribution in [0.4, 0.5) is 13.2 Å². The molecule has 0 atom stereocenters. The van der Waals surface area contributed by atoms with Gasteiger partial charge in [-0.1, -0.05) is 30.4 Å². The predicted molar refractivity (Wildman–Crippen MR) is 82.6 cm³/mol. The summed E-state index contributed by atoms with van der Waals surface area (Å²) in [5.74, 6) is 0. The van der Waals surface area contributed by atoms with Crippen molar-refractivity contribution in [3.8, 4) is 0 Å². The zero-order valence-electron chi connectivity index (χ0n) is 12.9. The highest BCUT2D eigenvalue weighted by Crippen LogP contribution is 2.31. The molecule has 0 amide bonds. The molecule has 0 aromatic heterocycles. The van der Waals surface area contributed by atoms with Crippen molar-refractivity contribution >= 4 is 0 Å². The van der Waals surface area contributed by atoms with E-state index in [0.717, 1.165) is 44.1 Å². The van der Waals surface area contributed by atoms with Crippen molar-refractivity contribution in [2.45, 2.75) is 38.5 Å². The van der Waals surface area contributed by atoms with Gasteiger partial charge in [0, 0.05) is 19.1 Å². The maximum Gasteiger partial charge on any atom is 0.416 e. The predicted octanol–water partition coefficient (Wildman–Crippen LogP) is 3.84. The van der Waals surface area contributed by atoms with Gasteiger partial charge in [-0.15, -0.1) is 0 Å². The molecule has 0 unspecified atom stereocenters. The van der Waals surface area contributed by atoms with Gasteiger partial charge in [-0.25, -0.2) is 0 Å². The second-order valence-electron chi connectivity index (χ2n) is 6.04. The largest absolute Gasteiger partial charge is 0.416 e. The van der Waals surface area contributed by atoms with Crippen molar-refractivity contribution in [3.05, 3.63) is 47.5 Å². The molecule has 0 radical (unpaired) electrons. The van der Waals surface area contributed by atoms with Crippen molar-refractivity contribution in [1.82, 2.24) is 10.2 Å². The van der Waals surface area contributed by atoms with Crippen LogP contribution in [0.25, 0.3) is 0 Å². The molecular weight excluding hydrogens is 289 g/mol. The topological polar surface area (TPSA) is 15.3 Å². The fraction of sp³-hybridized carbons (Fsp3) is 0.529. The Bertz CT molecular complexity index is 503. The quantitative estimate of drug-likeness (QED) is 0.831. The molecule has 1 aliphatic rings. The lowest BCUT2D eigenvalue weighted by atomic mass is 10.0. The van der Waals surface area contributed by atoms with E-state index in [4.69, 9.17) is 0 Å². The number of piperidine rings is 1. The molecule has 122 valence electrons. The summed E-state index contributed by atoms with van der Waals surface area (Å²) in [5.41, 5.74) is 0.923. The zero-order chi connectivity index (χ0) is 16.2. The lowest BCUT2D eigenvalue weighted by molar-refractivity contribution is -0.138. The van der Waals surface area contributed by atoms with Crippen molar-refractivity contribution < 1.29 is 13.2 Å². The van der Waals surface area contributed by atoms with Crippen molar-refractivity contribution in [2.75, 3.05) is 19.6 Å². The van der Waals surface area contributed by atoms with E-state index in [2.05, 4.69) is 16.8 Å². The SMILES string of the molecule is C=C(C)CN1CCC(NCc2ccccc2C(F)(F)F)CC1. The van der Waals surface area contributed by atoms with Gasteiger partial charge < -0.3 is 5.32 Å². The van der Waals surface area contributed by atoms with E-state index in [1.807, 2.05) is 6.92 Å². The summed E-state index contributed by atoms with van der Waals surface area (Å²) in [4.78, 5) is 2.34. The maximum atomic E-state index is 12.9. The first-order valence-corrected chi connectivity index (χ1v) is 7.61. The van der Waals surface area contributed by atoms with Crippen LogP contribution >= 0.6 is 0 Å². The Kier molecular flexibility index (Phi) is 5.64. The number of rotatable bonds is 5. The number of nitrogens with one attached hydrogen (secondary N) is 1. The van der Waals surface area contributed by atoms with Gasteiger partial charge in [0.2, 0.25) is 0 Å². The highest BCUT2D eigenvalue weighted by Gasteiger charge is 2.32. The molecule has 5 heteroatoms. The molecule has 1 fully saturated rings. The second-order valence-corrected chi connectivity index (χ2v) is 6.04. The average Bonchev–Trinajstić information content (AvgIpc) is 2.45. The number of halogens is 3. The van der Waals surface area contributed by atoms with Gasteiger partial charge in [-0.3, -0.25) is 4.90 Å². The molecule has 0 bridgehead atoms. The van der Waals surface area contributed by atoms with Crippen molar-refractivity contribution in [2.24, 2.45) is 0 Å². The molecule has 1 aromatic carbocycles. The molecule has 1 N–H and O–H groups in total. The third-order valence-corrected chi connectivity index (χ3v) is 3.99. The van der Waals surface area contributed by atoms with Crippen LogP contribution in [0.1, 0.15) is 30.9 Å². The number of likely N-dealkylation sites (tertiary alicyclic amines) is 1. The molecule has 0 saturated carbocycles. The normalized spacial score (nSPS) is 17.6. The van der Waals surface area contributed by atoms with E-state index in [1.54, 1.807) is 12.1 Å². The monoisotopic (exact) mass is 312 g/mol. The molecule has 0 aliphatic carbocycles. The van der Waals surface area contributed by atoms with E-state index in [9.17, 15) is 13.2 Å². The molecule has 2 rings (SSSR count). The van der Waals surface area contributed by atoms with Crippen LogP contribution in [0.2, 0.25) is 0 Å². The highest BCUT2D eigenvalue weighted by molar-refractivity contribution is 5.29. The number of alkyl halides is 3. The van der Waals surface area contributed by atoms with E-state index in [0.29, 0.717) is 5.56 Å². The van der Waals surface area contributed by atoms with Gasteiger partial charge in [-0.05, 0) is 44.5 Å². The first kappa shape index (κ1) is 17.0. The summed E-state index contributed by atoms with van der Waals surface area (Å²) < 4.78 is 38.8. The van der Waals surface area contributed by atoms with Gasteiger partial charge in [-0.2, -0.15) is 13.2 Å². The zero-order valence-corrected chi connectivity index (χ0v) is 12.9. The first-order chi connectivity index (χ1) is 10.4. The molecule has 1 aliphatic heterocycles. The Morgan fingerprint density at radius 1 is 1.27 bits per heavy atom. The minimum atomic E-state index is -4.29. The molecule has 1 heterocycles. The van der Waals surface area contributed by atoms with Crippen molar-refractivity contribution in [3.63, 3.8) is 0 Å². The number of benzene rings is 1. The summed E-state index contributed by atoms with van der Waals surface area (Å²) in [7, 11) is 0. The molecule has 1 saturated heterocycles. The van der Waals surface area contributed by atoms with Crippen LogP contribution in [0, 0.1) is 0 Å². The van der Waals surface area contributed by atoms with Gasteiger partial charge in [0.15, 0.2) is 0 Å². The standard InChI is InChI=1S/C17H23F3N2/c1-13(2)12-22-9-7-15(8-10-22)21-11-14-5-3-4-6-16(14)17(18,19)20/h3-6,15,21H,1,7-12H2,2H3. The van der Waals surface area contributed by atoms with Crippen LogP contribution < -0.4 is 5.32 Å². The minimum Gasteiger partial charge on any atom is -0.310 e. The molecular formula is C17H23F3N2. The van der Waals surface area contributed by atoms with Crippen LogP contribution in [0.15, 0.2) is 36.4 Å². The third-order valence-electron chi connectivity index (χ3n) is 3.99. The number of nitrogens with zero attached hydrogens (tertiary/aromatic N) is 1. The van der Waals surface area contributed by atoms with E-state index in [-0.39, 0.29) is 12.6 Å². The van der Waals surface area contributed by atoms with Crippen molar-refractivity contribution in [1.29, 1.82) is 0 Å². The first-order valence-electron chi connectivity index (χ1n) is 7.61. The van der Waals surface area contributed by atoms with Crippen LogP contribution in [-0.4, -0.2) is 30.6 Å². The maximum absolute atomic E-state index is 12.9. The fourth-order valence-corrected chi connectivity index (χ4v) is 2.88. The van der Waals surface area contributed by atoms with E-state index >= 15 is 0 Å². The number of hydrogen-bond donors (Lipinski definition) is 1. The Morgan fingerprint density at radius 2 is 1.91 bits per heavy atom. The molecule has 2 nitrogen and oxygen atoms in total. The summed E-state index contributed by atoms with van der Waals surface area (Å²) in [6.45, 7) is 9.02. The average molecular weight is 312 g/mol. The minimum absolute atomic E-state index is 0.265. The smallest absolute Gasteiger partial charge is 0.310 e. The summed E-state index contributed by atoms with van der Waals surface area (Å²) in [5, 5.41) is 3.28. The molecule has 22 heavy (non-hydrogen) atoms. The summed E-state index contributed by atoms with van der Waals surface area (Å²) >= 11 is 0. The second kappa shape index (κ2) is 7.29. The Morgan fingerprint density at radius 3 is 2.50 bits per heavy atom. The lowest BCUT2D eigenvalue weighted by Gasteiger charge is -2.32. The van der Waals surface area contributed by atoms with Gasteiger partial charge in [0.05, 0.1) is 5.56 Å². The third kappa shape index (κ3) is 4.85. The molecule has 0 spiro atoms. The lowest BCUT2D eigenvalue weighted by Crippen LogP contribution is -2.42. The van der Waals surface area contributed by atoms with Gasteiger partial charge >= 0.3 is 6.18 Å². The van der Waals surface area contributed by atoms with Crippen LogP contribution in [0.5, 0.6) is 0 Å². The van der Waals surface area contributed by atoms with E-state index in [1.165, 1.54) is 6.07 Å². The fourth-order valence-electron chi connectivity index (χ4n) is 2.88. The van der Waals surface area contributed by atoms with Crippen LogP contribution in [0.3, 0.4) is 0 Å². The highest BCUT2D eigenvalue weighted by atomic mass is 19.4. The summed E-state index contributed by atoms with van der Waals surface area (Å²) in [6.07, 6.45) is -2.37. The Labute approximate surface area is 130 Å². The molecule has 1 aromatic rings. The number of hydrogen-bond acceptors (Lipinski definition) is 2. The van der Waals surface area contributed by atoms with Gasteiger partial charge in [0.1, 0.15) is 0 Å². The Hall–Kier alpha value is -1.33. The van der Waals surface area contributed by atoms with Gasteiger partial charge in [0.25, 0.3) is 0 Å². The Balaban J connectivity index is 1.86. The van der Waals surface area contributed by atoms with E-state index < -0.39 is 11.7 Å². The summed E-state index contributed by atoms with van der Waals surface area (Å²) in [6, 6.07) is 6.06. The van der Waals surface area contributed by atoms with Crippen LogP contribution in [-0.2, 0) is 12.7 Å².